The van der Waals surface area contributed by atoms with Crippen molar-refractivity contribution in [2.75, 3.05) is 33.8 Å². The van der Waals surface area contributed by atoms with Crippen molar-refractivity contribution in [3.05, 3.63) is 82.9 Å². The molecule has 1 heterocycles. The summed E-state index contributed by atoms with van der Waals surface area (Å²) in [7, 11) is 4.05. The van der Waals surface area contributed by atoms with Crippen molar-refractivity contribution in [3.63, 3.8) is 0 Å². The summed E-state index contributed by atoms with van der Waals surface area (Å²) in [5, 5.41) is 2.44. The number of morpholine rings is 1. The molecule has 1 saturated heterocycles. The summed E-state index contributed by atoms with van der Waals surface area (Å²) in [5.41, 5.74) is 1.77. The molecule has 0 bridgehead atoms. The smallest absolute Gasteiger partial charge is 0.255 e. The molecule has 1 aliphatic heterocycles. The van der Waals surface area contributed by atoms with E-state index in [-0.39, 0.29) is 18.1 Å². The van der Waals surface area contributed by atoms with Crippen molar-refractivity contribution in [1.29, 1.82) is 0 Å². The highest BCUT2D eigenvalue weighted by atomic mass is 35.5. The number of rotatable bonds is 4. The second-order valence-electron chi connectivity index (χ2n) is 7.67. The zero-order valence-electron chi connectivity index (χ0n) is 16.7. The van der Waals surface area contributed by atoms with Crippen molar-refractivity contribution in [2.45, 2.75) is 12.1 Å². The standard InChI is InChI=1S/C24H25ClN2O2/c1-26(2)16-22-23(17-8-4-3-5-9-17)27(14-15-29-22)24(28)20-12-6-11-19-18(20)10-7-13-21(19)25/h3-13,22-23H,14-16H2,1-2H3/t22-,23-/m0/s1. The van der Waals surface area contributed by atoms with E-state index in [1.807, 2.05) is 73.6 Å². The maximum Gasteiger partial charge on any atom is 0.255 e. The molecule has 0 radical (unpaired) electrons. The molecule has 0 unspecified atom stereocenters. The van der Waals surface area contributed by atoms with Crippen LogP contribution >= 0.6 is 11.6 Å². The van der Waals surface area contributed by atoms with E-state index in [0.717, 1.165) is 22.9 Å². The molecule has 150 valence electrons. The average molecular weight is 409 g/mol. The Balaban J connectivity index is 1.77. The zero-order chi connectivity index (χ0) is 20.4. The van der Waals surface area contributed by atoms with Gasteiger partial charge in [-0.05, 0) is 37.2 Å². The molecule has 5 heteroatoms. The molecule has 3 aromatic rings. The summed E-state index contributed by atoms with van der Waals surface area (Å²) in [4.78, 5) is 17.8. The lowest BCUT2D eigenvalue weighted by molar-refractivity contribution is -0.0684. The fraction of sp³-hybridized carbons (Fsp3) is 0.292. The van der Waals surface area contributed by atoms with E-state index in [2.05, 4.69) is 17.0 Å². The molecular formula is C24H25ClN2O2. The highest BCUT2D eigenvalue weighted by Gasteiger charge is 2.37. The molecule has 0 N–H and O–H groups in total. The van der Waals surface area contributed by atoms with Gasteiger partial charge in [-0.3, -0.25) is 4.79 Å². The summed E-state index contributed by atoms with van der Waals surface area (Å²) >= 11 is 6.37. The van der Waals surface area contributed by atoms with Crippen LogP contribution in [0.15, 0.2) is 66.7 Å². The van der Waals surface area contributed by atoms with Gasteiger partial charge in [-0.2, -0.15) is 0 Å². The molecule has 1 aliphatic rings. The first-order valence-corrected chi connectivity index (χ1v) is 10.2. The fourth-order valence-electron chi connectivity index (χ4n) is 4.13. The number of nitrogens with zero attached hydrogens (tertiary/aromatic N) is 2. The van der Waals surface area contributed by atoms with Gasteiger partial charge in [0.15, 0.2) is 0 Å². The van der Waals surface area contributed by atoms with Crippen LogP contribution in [0.3, 0.4) is 0 Å². The van der Waals surface area contributed by atoms with Gasteiger partial charge in [0, 0.05) is 29.1 Å². The lowest BCUT2D eigenvalue weighted by Crippen LogP contribution is -2.51. The third-order valence-corrected chi connectivity index (χ3v) is 5.73. The third-order valence-electron chi connectivity index (χ3n) is 5.40. The van der Waals surface area contributed by atoms with Crippen LogP contribution in [0.2, 0.25) is 5.02 Å². The number of carbonyl (C=O) groups excluding carboxylic acids is 1. The summed E-state index contributed by atoms with van der Waals surface area (Å²) in [6.45, 7) is 1.82. The van der Waals surface area contributed by atoms with E-state index in [0.29, 0.717) is 23.7 Å². The van der Waals surface area contributed by atoms with Crippen molar-refractivity contribution in [3.8, 4) is 0 Å². The Morgan fingerprint density at radius 3 is 2.52 bits per heavy atom. The first kappa shape index (κ1) is 19.9. The number of likely N-dealkylation sites (N-methyl/N-ethyl adjacent to an activating group) is 1. The summed E-state index contributed by atoms with van der Waals surface area (Å²) in [5.74, 6) is 0.0128. The van der Waals surface area contributed by atoms with Crippen LogP contribution in [0.4, 0.5) is 0 Å². The summed E-state index contributed by atoms with van der Waals surface area (Å²) in [6.07, 6.45) is -0.0938. The largest absolute Gasteiger partial charge is 0.373 e. The number of amides is 1. The molecule has 0 saturated carbocycles. The maximum atomic E-state index is 13.8. The number of hydrogen-bond acceptors (Lipinski definition) is 3. The van der Waals surface area contributed by atoms with E-state index in [4.69, 9.17) is 16.3 Å². The first-order chi connectivity index (χ1) is 14.1. The van der Waals surface area contributed by atoms with Crippen LogP contribution in [0, 0.1) is 0 Å². The Hall–Kier alpha value is -2.40. The number of benzene rings is 3. The highest BCUT2D eigenvalue weighted by Crippen LogP contribution is 2.33. The molecule has 4 rings (SSSR count). The van der Waals surface area contributed by atoms with Gasteiger partial charge in [0.25, 0.3) is 5.91 Å². The van der Waals surface area contributed by atoms with Gasteiger partial charge < -0.3 is 14.5 Å². The molecule has 1 amide bonds. The minimum atomic E-state index is -0.144. The Labute approximate surface area is 176 Å². The molecule has 3 aromatic carbocycles. The minimum Gasteiger partial charge on any atom is -0.373 e. The van der Waals surface area contributed by atoms with E-state index >= 15 is 0 Å². The predicted molar refractivity (Wildman–Crippen MR) is 117 cm³/mol. The Bertz CT molecular complexity index is 1010. The topological polar surface area (TPSA) is 32.8 Å². The Morgan fingerprint density at radius 1 is 1.03 bits per heavy atom. The number of hydrogen-bond donors (Lipinski definition) is 0. The lowest BCUT2D eigenvalue weighted by atomic mass is 9.95. The highest BCUT2D eigenvalue weighted by molar-refractivity contribution is 6.36. The van der Waals surface area contributed by atoms with Gasteiger partial charge in [-0.25, -0.2) is 0 Å². The van der Waals surface area contributed by atoms with Crippen LogP contribution < -0.4 is 0 Å². The molecule has 0 aliphatic carbocycles. The molecule has 29 heavy (non-hydrogen) atoms. The SMILES string of the molecule is CN(C)C[C@@H]1OCCN(C(=O)c2cccc3c(Cl)cccc23)[C@H]1c1ccccc1. The maximum absolute atomic E-state index is 13.8. The van der Waals surface area contributed by atoms with Gasteiger partial charge >= 0.3 is 0 Å². The zero-order valence-corrected chi connectivity index (χ0v) is 17.5. The Morgan fingerprint density at radius 2 is 1.76 bits per heavy atom. The van der Waals surface area contributed by atoms with E-state index in [1.54, 1.807) is 0 Å². The predicted octanol–water partition coefficient (Wildman–Crippen LogP) is 4.64. The second kappa shape index (κ2) is 8.54. The van der Waals surface area contributed by atoms with Crippen LogP contribution in [-0.2, 0) is 4.74 Å². The number of ether oxygens (including phenoxy) is 1. The molecular weight excluding hydrogens is 384 g/mol. The van der Waals surface area contributed by atoms with Gasteiger partial charge in [0.05, 0.1) is 18.8 Å². The Kier molecular flexibility index (Phi) is 5.86. The number of fused-ring (bicyclic) bond motifs is 1. The number of halogens is 1. The van der Waals surface area contributed by atoms with Crippen molar-refractivity contribution in [2.24, 2.45) is 0 Å². The van der Waals surface area contributed by atoms with Crippen LogP contribution in [0.25, 0.3) is 10.8 Å². The van der Waals surface area contributed by atoms with E-state index in [1.165, 1.54) is 0 Å². The van der Waals surface area contributed by atoms with Crippen LogP contribution in [0.1, 0.15) is 22.0 Å². The average Bonchev–Trinajstić information content (AvgIpc) is 2.73. The summed E-state index contributed by atoms with van der Waals surface area (Å²) < 4.78 is 6.12. The molecule has 0 aromatic heterocycles. The quantitative estimate of drug-likeness (QED) is 0.630. The van der Waals surface area contributed by atoms with Crippen molar-refractivity contribution >= 4 is 28.3 Å². The summed E-state index contributed by atoms with van der Waals surface area (Å²) in [6, 6.07) is 21.5. The second-order valence-corrected chi connectivity index (χ2v) is 8.07. The molecule has 0 spiro atoms. The van der Waals surface area contributed by atoms with Crippen molar-refractivity contribution < 1.29 is 9.53 Å². The van der Waals surface area contributed by atoms with Gasteiger partial charge in [-0.15, -0.1) is 0 Å². The third kappa shape index (κ3) is 4.01. The van der Waals surface area contributed by atoms with E-state index < -0.39 is 0 Å². The van der Waals surface area contributed by atoms with Crippen LogP contribution in [0.5, 0.6) is 0 Å². The normalized spacial score (nSPS) is 19.7. The lowest BCUT2D eigenvalue weighted by Gasteiger charge is -2.42. The number of carbonyl (C=O) groups is 1. The fourth-order valence-corrected chi connectivity index (χ4v) is 4.37. The molecule has 2 atom stereocenters. The molecule has 1 fully saturated rings. The molecule has 4 nitrogen and oxygen atoms in total. The monoisotopic (exact) mass is 408 g/mol. The van der Waals surface area contributed by atoms with Gasteiger partial charge in [0.2, 0.25) is 0 Å². The van der Waals surface area contributed by atoms with Crippen LogP contribution in [-0.4, -0.2) is 55.6 Å². The van der Waals surface area contributed by atoms with Gasteiger partial charge in [0.1, 0.15) is 0 Å². The first-order valence-electron chi connectivity index (χ1n) is 9.86. The van der Waals surface area contributed by atoms with Crippen molar-refractivity contribution in [1.82, 2.24) is 9.80 Å². The van der Waals surface area contributed by atoms with E-state index in [9.17, 15) is 4.79 Å². The van der Waals surface area contributed by atoms with Gasteiger partial charge in [-0.1, -0.05) is 66.2 Å². The minimum absolute atomic E-state index is 0.0128.